The molecule has 5 nitrogen and oxygen atoms in total. The molecule has 2 aromatic rings. The van der Waals surface area contributed by atoms with Crippen LogP contribution in [0.4, 0.5) is 19.0 Å². The molecule has 124 valence electrons. The molecule has 0 aliphatic carbocycles. The van der Waals surface area contributed by atoms with E-state index >= 15 is 0 Å². The van der Waals surface area contributed by atoms with E-state index in [0.29, 0.717) is 24.0 Å². The van der Waals surface area contributed by atoms with Crippen LogP contribution >= 0.6 is 0 Å². The number of benzene rings is 1. The summed E-state index contributed by atoms with van der Waals surface area (Å²) in [7, 11) is 0. The Morgan fingerprint density at radius 1 is 1.22 bits per heavy atom. The molecule has 23 heavy (non-hydrogen) atoms. The number of hydrogen-bond donors (Lipinski definition) is 3. The Labute approximate surface area is 130 Å². The Bertz CT molecular complexity index is 703. The van der Waals surface area contributed by atoms with Crippen LogP contribution in [0.15, 0.2) is 24.3 Å². The predicted octanol–water partition coefficient (Wildman–Crippen LogP) is 2.97. The van der Waals surface area contributed by atoms with Crippen LogP contribution in [0, 0.1) is 6.92 Å². The van der Waals surface area contributed by atoms with Crippen LogP contribution in [0.2, 0.25) is 0 Å². The normalized spacial score (nSPS) is 13.0. The molecule has 0 spiro atoms. The number of alkyl halides is 3. The lowest BCUT2D eigenvalue weighted by Gasteiger charge is -2.12. The maximum absolute atomic E-state index is 12.6. The van der Waals surface area contributed by atoms with Gasteiger partial charge < -0.3 is 15.5 Å². The fraction of sp³-hybridized carbons (Fsp3) is 0.333. The second-order valence-corrected chi connectivity index (χ2v) is 5.22. The SMILES string of the molecule is Cc1cc(-c2ccc(C(F)(F)F)cc2O)nnc1NC[C@@H](C)O. The monoisotopic (exact) mass is 327 g/mol. The summed E-state index contributed by atoms with van der Waals surface area (Å²) in [6, 6.07) is 4.29. The lowest BCUT2D eigenvalue weighted by molar-refractivity contribution is -0.137. The summed E-state index contributed by atoms with van der Waals surface area (Å²) in [4.78, 5) is 0. The first-order valence-electron chi connectivity index (χ1n) is 6.85. The first kappa shape index (κ1) is 17.0. The third-order valence-corrected chi connectivity index (χ3v) is 3.15. The molecule has 0 unspecified atom stereocenters. The van der Waals surface area contributed by atoms with Crippen LogP contribution in [-0.4, -0.2) is 33.1 Å². The molecule has 0 aliphatic rings. The molecule has 0 radical (unpaired) electrons. The van der Waals surface area contributed by atoms with Crippen LogP contribution in [0.3, 0.4) is 0 Å². The third kappa shape index (κ3) is 4.10. The zero-order valence-electron chi connectivity index (χ0n) is 12.5. The van der Waals surface area contributed by atoms with Crippen molar-refractivity contribution in [1.29, 1.82) is 0 Å². The zero-order valence-corrected chi connectivity index (χ0v) is 12.5. The van der Waals surface area contributed by atoms with Gasteiger partial charge in [0.05, 0.1) is 17.4 Å². The van der Waals surface area contributed by atoms with Crippen molar-refractivity contribution in [3.63, 3.8) is 0 Å². The van der Waals surface area contributed by atoms with E-state index in [-0.39, 0.29) is 11.3 Å². The van der Waals surface area contributed by atoms with Crippen molar-refractivity contribution >= 4 is 5.82 Å². The summed E-state index contributed by atoms with van der Waals surface area (Å²) < 4.78 is 37.8. The Kier molecular flexibility index (Phi) is 4.74. The van der Waals surface area contributed by atoms with E-state index in [1.165, 1.54) is 0 Å². The van der Waals surface area contributed by atoms with Crippen molar-refractivity contribution in [2.75, 3.05) is 11.9 Å². The lowest BCUT2D eigenvalue weighted by Crippen LogP contribution is -2.17. The highest BCUT2D eigenvalue weighted by Gasteiger charge is 2.31. The lowest BCUT2D eigenvalue weighted by atomic mass is 10.1. The highest BCUT2D eigenvalue weighted by Crippen LogP contribution is 2.36. The van der Waals surface area contributed by atoms with Crippen LogP contribution in [0.25, 0.3) is 11.3 Å². The minimum absolute atomic E-state index is 0.163. The summed E-state index contributed by atoms with van der Waals surface area (Å²) in [5.41, 5.74) is 0.181. The number of aliphatic hydroxyl groups excluding tert-OH is 1. The van der Waals surface area contributed by atoms with E-state index < -0.39 is 23.6 Å². The molecule has 2 rings (SSSR count). The highest BCUT2D eigenvalue weighted by atomic mass is 19.4. The number of phenolic OH excluding ortho intramolecular Hbond substituents is 1. The van der Waals surface area contributed by atoms with Gasteiger partial charge in [0.2, 0.25) is 0 Å². The van der Waals surface area contributed by atoms with Crippen molar-refractivity contribution in [3.05, 3.63) is 35.4 Å². The first-order valence-corrected chi connectivity index (χ1v) is 6.85. The van der Waals surface area contributed by atoms with E-state index in [4.69, 9.17) is 0 Å². The van der Waals surface area contributed by atoms with Gasteiger partial charge in [-0.2, -0.15) is 13.2 Å². The minimum atomic E-state index is -4.52. The maximum atomic E-state index is 12.6. The van der Waals surface area contributed by atoms with Gasteiger partial charge in [-0.3, -0.25) is 0 Å². The number of aryl methyl sites for hydroxylation is 1. The molecule has 0 bridgehead atoms. The smallest absolute Gasteiger partial charge is 0.416 e. The molecule has 1 aromatic heterocycles. The zero-order chi connectivity index (χ0) is 17.2. The number of hydrogen-bond acceptors (Lipinski definition) is 5. The van der Waals surface area contributed by atoms with E-state index in [1.807, 2.05) is 0 Å². The highest BCUT2D eigenvalue weighted by molar-refractivity contribution is 5.68. The molecule has 1 aromatic carbocycles. The average molecular weight is 327 g/mol. The number of nitrogens with zero attached hydrogens (tertiary/aromatic N) is 2. The van der Waals surface area contributed by atoms with Crippen LogP contribution in [0.1, 0.15) is 18.1 Å². The van der Waals surface area contributed by atoms with Crippen molar-refractivity contribution in [1.82, 2.24) is 10.2 Å². The number of rotatable bonds is 4. The molecule has 1 atom stereocenters. The van der Waals surface area contributed by atoms with Gasteiger partial charge in [0.25, 0.3) is 0 Å². The van der Waals surface area contributed by atoms with Gasteiger partial charge in [-0.25, -0.2) is 0 Å². The fourth-order valence-corrected chi connectivity index (χ4v) is 1.96. The number of halogens is 3. The summed E-state index contributed by atoms with van der Waals surface area (Å²) in [6.07, 6.45) is -5.08. The number of phenols is 1. The van der Waals surface area contributed by atoms with Gasteiger partial charge in [-0.05, 0) is 43.7 Å². The molecule has 0 saturated carbocycles. The van der Waals surface area contributed by atoms with Gasteiger partial charge in [0.1, 0.15) is 5.75 Å². The summed E-state index contributed by atoms with van der Waals surface area (Å²) >= 11 is 0. The molecule has 0 saturated heterocycles. The molecule has 3 N–H and O–H groups in total. The summed E-state index contributed by atoms with van der Waals surface area (Å²) in [5, 5.41) is 29.8. The first-order chi connectivity index (χ1) is 10.7. The number of aromatic nitrogens is 2. The van der Waals surface area contributed by atoms with E-state index in [2.05, 4.69) is 15.5 Å². The third-order valence-electron chi connectivity index (χ3n) is 3.15. The summed E-state index contributed by atoms with van der Waals surface area (Å²) in [5.74, 6) is -0.0562. The van der Waals surface area contributed by atoms with E-state index in [1.54, 1.807) is 19.9 Å². The average Bonchev–Trinajstić information content (AvgIpc) is 2.44. The van der Waals surface area contributed by atoms with Crippen LogP contribution < -0.4 is 5.32 Å². The summed E-state index contributed by atoms with van der Waals surface area (Å²) in [6.45, 7) is 3.65. The fourth-order valence-electron chi connectivity index (χ4n) is 1.96. The Hall–Kier alpha value is -2.35. The Morgan fingerprint density at radius 2 is 1.91 bits per heavy atom. The largest absolute Gasteiger partial charge is 0.507 e. The number of aromatic hydroxyl groups is 1. The van der Waals surface area contributed by atoms with Crippen molar-refractivity contribution < 1.29 is 23.4 Å². The number of aliphatic hydroxyl groups is 1. The Balaban J connectivity index is 2.30. The second kappa shape index (κ2) is 6.41. The molecule has 1 heterocycles. The van der Waals surface area contributed by atoms with Crippen LogP contribution in [-0.2, 0) is 6.18 Å². The second-order valence-electron chi connectivity index (χ2n) is 5.22. The van der Waals surface area contributed by atoms with E-state index in [0.717, 1.165) is 12.1 Å². The number of nitrogens with one attached hydrogen (secondary N) is 1. The molecule has 8 heteroatoms. The molecule has 0 aliphatic heterocycles. The van der Waals surface area contributed by atoms with Gasteiger partial charge in [0.15, 0.2) is 5.82 Å². The van der Waals surface area contributed by atoms with Gasteiger partial charge >= 0.3 is 6.18 Å². The van der Waals surface area contributed by atoms with E-state index in [9.17, 15) is 23.4 Å². The van der Waals surface area contributed by atoms with Crippen molar-refractivity contribution in [2.24, 2.45) is 0 Å². The molecular weight excluding hydrogens is 311 g/mol. The van der Waals surface area contributed by atoms with Gasteiger partial charge in [-0.15, -0.1) is 10.2 Å². The predicted molar refractivity (Wildman–Crippen MR) is 79.0 cm³/mol. The van der Waals surface area contributed by atoms with Crippen molar-refractivity contribution in [2.45, 2.75) is 26.1 Å². The minimum Gasteiger partial charge on any atom is -0.507 e. The van der Waals surface area contributed by atoms with Gasteiger partial charge in [-0.1, -0.05) is 0 Å². The maximum Gasteiger partial charge on any atom is 0.416 e. The molecular formula is C15H16F3N3O2. The standard InChI is InChI=1S/C15H16F3N3O2/c1-8-5-12(20-21-14(8)19-7-9(2)22)11-4-3-10(6-13(11)23)15(16,17)18/h3-6,9,22-23H,7H2,1-2H3,(H,19,21)/t9-/m1/s1. The van der Waals surface area contributed by atoms with Gasteiger partial charge in [0, 0.05) is 12.1 Å². The molecule has 0 amide bonds. The van der Waals surface area contributed by atoms with Crippen LogP contribution in [0.5, 0.6) is 5.75 Å². The number of anilines is 1. The molecule has 0 fully saturated rings. The quantitative estimate of drug-likeness (QED) is 0.805. The van der Waals surface area contributed by atoms with Crippen molar-refractivity contribution in [3.8, 4) is 17.0 Å². The Morgan fingerprint density at radius 3 is 2.43 bits per heavy atom. The topological polar surface area (TPSA) is 78.3 Å².